The fourth-order valence-electron chi connectivity index (χ4n) is 6.15. The molecule has 4 atom stereocenters. The molecule has 2 fully saturated rings. The molecular formula is C33H43FO5. The largest absolute Gasteiger partial charge is 0.490 e. The Balaban J connectivity index is 1.55. The van der Waals surface area contributed by atoms with Gasteiger partial charge < -0.3 is 14.9 Å². The number of hydrogen-bond acceptors (Lipinski definition) is 4. The van der Waals surface area contributed by atoms with Crippen LogP contribution in [-0.4, -0.2) is 34.2 Å². The van der Waals surface area contributed by atoms with E-state index in [2.05, 4.69) is 20.8 Å². The van der Waals surface area contributed by atoms with Gasteiger partial charge >= 0.3 is 5.97 Å². The smallest absolute Gasteiger partial charge is 0.307 e. The molecule has 2 aromatic carbocycles. The fourth-order valence-corrected chi connectivity index (χ4v) is 6.15. The maximum Gasteiger partial charge on any atom is 0.307 e. The Morgan fingerprint density at radius 1 is 1.13 bits per heavy atom. The number of benzene rings is 2. The first-order chi connectivity index (χ1) is 18.5. The molecule has 0 amide bonds. The summed E-state index contributed by atoms with van der Waals surface area (Å²) in [7, 11) is 0. The van der Waals surface area contributed by atoms with Gasteiger partial charge in [0.1, 0.15) is 23.5 Å². The topological polar surface area (TPSA) is 83.8 Å². The van der Waals surface area contributed by atoms with E-state index in [1.807, 2.05) is 13.0 Å². The molecule has 0 bridgehead atoms. The lowest BCUT2D eigenvalue weighted by atomic mass is 9.76. The number of ketones is 1. The Hall–Kier alpha value is -2.73. The molecule has 2 aliphatic rings. The van der Waals surface area contributed by atoms with Crippen LogP contribution in [0.2, 0.25) is 0 Å². The second kappa shape index (κ2) is 12.2. The van der Waals surface area contributed by atoms with Crippen molar-refractivity contribution >= 4 is 11.8 Å². The number of hydrogen-bond donors (Lipinski definition) is 2. The highest BCUT2D eigenvalue weighted by Crippen LogP contribution is 2.45. The molecule has 2 N–H and O–H groups in total. The highest BCUT2D eigenvalue weighted by atomic mass is 19.1. The van der Waals surface area contributed by atoms with Crippen molar-refractivity contribution in [1.29, 1.82) is 0 Å². The fraction of sp³-hybridized carbons (Fsp3) is 0.576. The van der Waals surface area contributed by atoms with Gasteiger partial charge in [0.05, 0.1) is 12.5 Å². The normalized spacial score (nSPS) is 22.4. The highest BCUT2D eigenvalue weighted by molar-refractivity contribution is 5.81. The van der Waals surface area contributed by atoms with Crippen molar-refractivity contribution in [3.8, 4) is 16.9 Å². The monoisotopic (exact) mass is 538 g/mol. The molecule has 39 heavy (non-hydrogen) atoms. The maximum absolute atomic E-state index is 15.1. The molecule has 0 radical (unpaired) electrons. The van der Waals surface area contributed by atoms with Crippen molar-refractivity contribution in [3.63, 3.8) is 0 Å². The second-order valence-electron chi connectivity index (χ2n) is 12.6. The zero-order valence-corrected chi connectivity index (χ0v) is 23.7. The summed E-state index contributed by atoms with van der Waals surface area (Å²) in [6, 6.07) is 10.3. The van der Waals surface area contributed by atoms with E-state index in [9.17, 15) is 19.8 Å². The van der Waals surface area contributed by atoms with Gasteiger partial charge in [-0.15, -0.1) is 0 Å². The number of aliphatic carboxylic acids is 1. The minimum atomic E-state index is -0.934. The Kier molecular flexibility index (Phi) is 9.15. The summed E-state index contributed by atoms with van der Waals surface area (Å²) in [6.45, 7) is 8.48. The van der Waals surface area contributed by atoms with Gasteiger partial charge in [0.2, 0.25) is 0 Å². The molecule has 4 rings (SSSR count). The van der Waals surface area contributed by atoms with E-state index >= 15 is 4.39 Å². The molecule has 0 heterocycles. The van der Waals surface area contributed by atoms with Crippen LogP contribution in [0.5, 0.6) is 5.75 Å². The summed E-state index contributed by atoms with van der Waals surface area (Å²) in [5, 5.41) is 20.2. The van der Waals surface area contributed by atoms with Gasteiger partial charge in [-0.25, -0.2) is 4.39 Å². The number of aliphatic hydroxyl groups excluding tert-OH is 1. The molecule has 2 saturated carbocycles. The third-order valence-corrected chi connectivity index (χ3v) is 8.99. The lowest BCUT2D eigenvalue weighted by Crippen LogP contribution is -2.24. The van der Waals surface area contributed by atoms with E-state index in [0.29, 0.717) is 41.7 Å². The number of carbonyl (C=O) groups excluding carboxylic acids is 1. The molecule has 0 aromatic heterocycles. The maximum atomic E-state index is 15.1. The Morgan fingerprint density at radius 3 is 2.51 bits per heavy atom. The van der Waals surface area contributed by atoms with Gasteiger partial charge in [0.15, 0.2) is 0 Å². The molecule has 0 spiro atoms. The quantitative estimate of drug-likeness (QED) is 0.296. The molecular weight excluding hydrogens is 495 g/mol. The van der Waals surface area contributed by atoms with Gasteiger partial charge in [-0.05, 0) is 77.8 Å². The van der Waals surface area contributed by atoms with Crippen LogP contribution in [0.1, 0.15) is 96.1 Å². The van der Waals surface area contributed by atoms with Gasteiger partial charge in [0, 0.05) is 24.3 Å². The molecule has 6 heteroatoms. The average Bonchev–Trinajstić information content (AvgIpc) is 3.17. The van der Waals surface area contributed by atoms with Crippen LogP contribution in [-0.2, 0) is 16.0 Å². The van der Waals surface area contributed by atoms with Crippen molar-refractivity contribution in [3.05, 3.63) is 53.3 Å². The van der Waals surface area contributed by atoms with Crippen molar-refractivity contribution < 1.29 is 28.9 Å². The second-order valence-corrected chi connectivity index (χ2v) is 12.6. The molecule has 0 unspecified atom stereocenters. The van der Waals surface area contributed by atoms with Crippen LogP contribution >= 0.6 is 0 Å². The number of rotatable bonds is 12. The van der Waals surface area contributed by atoms with Crippen LogP contribution in [0.3, 0.4) is 0 Å². The number of halogens is 1. The lowest BCUT2D eigenvalue weighted by Gasteiger charge is -2.29. The van der Waals surface area contributed by atoms with Crippen LogP contribution in [0.4, 0.5) is 4.39 Å². The summed E-state index contributed by atoms with van der Waals surface area (Å²) in [6.07, 6.45) is 5.02. The highest BCUT2D eigenvalue weighted by Gasteiger charge is 2.37. The van der Waals surface area contributed by atoms with Crippen molar-refractivity contribution in [2.45, 2.75) is 104 Å². The number of ether oxygens (including phenoxy) is 1. The molecule has 2 aromatic rings. The van der Waals surface area contributed by atoms with E-state index in [1.54, 1.807) is 24.3 Å². The summed E-state index contributed by atoms with van der Waals surface area (Å²) >= 11 is 0. The third-order valence-electron chi connectivity index (χ3n) is 8.99. The van der Waals surface area contributed by atoms with Gasteiger partial charge in [0.25, 0.3) is 0 Å². The zero-order valence-electron chi connectivity index (χ0n) is 23.7. The lowest BCUT2D eigenvalue weighted by molar-refractivity contribution is -0.136. The zero-order chi connectivity index (χ0) is 28.3. The summed E-state index contributed by atoms with van der Waals surface area (Å²) in [5.41, 5.74) is 2.81. The predicted molar refractivity (Wildman–Crippen MR) is 150 cm³/mol. The van der Waals surface area contributed by atoms with Gasteiger partial charge in [-0.1, -0.05) is 58.7 Å². The van der Waals surface area contributed by atoms with E-state index in [-0.39, 0.29) is 47.3 Å². The standard InChI is InChI=1S/C33H43FO5/c1-5-33(3,4)19-20(2)28(35)17-23-16-24(18-29(23)36)39-30-13-12-21(15-31(37)38)14-26(30)25-10-7-11-27(34)32(25)22-8-6-9-22/h7,10-14,20,22-24,29,36H,5-6,8-9,15-19H2,1-4H3,(H,37,38)/t20-,23+,24-,29+/m0/s1. The Morgan fingerprint density at radius 2 is 1.87 bits per heavy atom. The van der Waals surface area contributed by atoms with Crippen LogP contribution in [0.15, 0.2) is 36.4 Å². The molecule has 212 valence electrons. The van der Waals surface area contributed by atoms with E-state index in [4.69, 9.17) is 4.74 Å². The van der Waals surface area contributed by atoms with E-state index < -0.39 is 12.1 Å². The number of Topliss-reactive ketones (excluding diaryl/α,β-unsaturated/α-hetero) is 1. The molecule has 2 aliphatic carbocycles. The van der Waals surface area contributed by atoms with Crippen molar-refractivity contribution in [2.24, 2.45) is 17.3 Å². The summed E-state index contributed by atoms with van der Waals surface area (Å²) in [5.74, 6) is -0.524. The summed E-state index contributed by atoms with van der Waals surface area (Å²) in [4.78, 5) is 24.4. The predicted octanol–water partition coefficient (Wildman–Crippen LogP) is 7.33. The Labute approximate surface area is 231 Å². The minimum Gasteiger partial charge on any atom is -0.490 e. The van der Waals surface area contributed by atoms with E-state index in [1.165, 1.54) is 6.07 Å². The first kappa shape index (κ1) is 29.3. The van der Waals surface area contributed by atoms with Gasteiger partial charge in [-0.2, -0.15) is 0 Å². The van der Waals surface area contributed by atoms with Crippen molar-refractivity contribution in [1.82, 2.24) is 0 Å². The van der Waals surface area contributed by atoms with Crippen LogP contribution in [0.25, 0.3) is 11.1 Å². The van der Waals surface area contributed by atoms with Crippen LogP contribution < -0.4 is 4.74 Å². The van der Waals surface area contributed by atoms with Gasteiger partial charge in [-0.3, -0.25) is 9.59 Å². The summed E-state index contributed by atoms with van der Waals surface area (Å²) < 4.78 is 21.5. The van der Waals surface area contributed by atoms with Crippen LogP contribution in [0, 0.1) is 23.1 Å². The molecule has 0 aliphatic heterocycles. The molecule has 5 nitrogen and oxygen atoms in total. The first-order valence-corrected chi connectivity index (χ1v) is 14.5. The minimum absolute atomic E-state index is 0.0570. The number of carboxylic acid groups (broad SMARTS) is 1. The third kappa shape index (κ3) is 7.08. The van der Waals surface area contributed by atoms with E-state index in [0.717, 1.165) is 37.7 Å². The first-order valence-electron chi connectivity index (χ1n) is 14.5. The van der Waals surface area contributed by atoms with Crippen molar-refractivity contribution in [2.75, 3.05) is 0 Å². The SMILES string of the molecule is CCC(C)(C)C[C@H](C)C(=O)C[C@H]1C[C@H](Oc2ccc(CC(=O)O)cc2-c2cccc(F)c2C2CCC2)C[C@H]1O. The number of carbonyl (C=O) groups is 2. The number of aliphatic hydroxyl groups is 1. The molecule has 0 saturated heterocycles. The Bertz CT molecular complexity index is 1180. The average molecular weight is 539 g/mol. The number of carboxylic acids is 1.